The zero-order chi connectivity index (χ0) is 10.7. The van der Waals surface area contributed by atoms with Crippen LogP contribution in [-0.2, 0) is 0 Å². The molecular weight excluding hydrogens is 246 g/mol. The first-order valence-corrected chi connectivity index (χ1v) is 4.66. The summed E-state index contributed by atoms with van der Waals surface area (Å²) in [6.07, 6.45) is 1.51. The van der Waals surface area contributed by atoms with Gasteiger partial charge in [-0.15, -0.1) is 5.73 Å². The van der Waals surface area contributed by atoms with Gasteiger partial charge in [-0.05, 0) is 24.6 Å². The highest BCUT2D eigenvalue weighted by atomic mass is 79.9. The van der Waals surface area contributed by atoms with Gasteiger partial charge in [-0.3, -0.25) is 10.1 Å². The van der Waals surface area contributed by atoms with Gasteiger partial charge in [-0.2, -0.15) is 0 Å². The van der Waals surface area contributed by atoms with Crippen molar-refractivity contribution in [3.05, 3.63) is 50.2 Å². The number of halogens is 1. The molecule has 0 radical (unpaired) electrons. The molecule has 3 nitrogen and oxygen atoms in total. The maximum Gasteiger partial charge on any atom is 0.278 e. The molecule has 0 fully saturated rings. The summed E-state index contributed by atoms with van der Waals surface area (Å²) in [4.78, 5) is 10.3. The van der Waals surface area contributed by atoms with E-state index in [0.29, 0.717) is 10.0 Å². The quantitative estimate of drug-likeness (QED) is 0.460. The average molecular weight is 254 g/mol. The molecule has 0 atom stereocenters. The van der Waals surface area contributed by atoms with Crippen molar-refractivity contribution in [1.29, 1.82) is 0 Å². The zero-order valence-electron chi connectivity index (χ0n) is 7.58. The molecule has 0 bridgehead atoms. The number of nitro groups is 1. The van der Waals surface area contributed by atoms with Gasteiger partial charge in [0, 0.05) is 10.5 Å². The van der Waals surface area contributed by atoms with Crippen molar-refractivity contribution >= 4 is 27.7 Å². The Labute approximate surface area is 90.0 Å². The normalized spacial score (nSPS) is 9.29. The highest BCUT2D eigenvalue weighted by Crippen LogP contribution is 2.27. The molecule has 0 saturated carbocycles. The maximum atomic E-state index is 10.7. The standard InChI is InChI=1S/C10H8BrNO2/c1-3-4-9-7(2)5-8(11)6-10(9)12(13)14/h4-6H,1H2,2H3. The maximum absolute atomic E-state index is 10.7. The van der Waals surface area contributed by atoms with Crippen molar-refractivity contribution in [2.45, 2.75) is 6.92 Å². The Morgan fingerprint density at radius 1 is 1.64 bits per heavy atom. The molecule has 1 aromatic rings. The lowest BCUT2D eigenvalue weighted by Gasteiger charge is -2.02. The number of hydrogen-bond donors (Lipinski definition) is 0. The molecule has 1 rings (SSSR count). The third-order valence-corrected chi connectivity index (χ3v) is 2.23. The van der Waals surface area contributed by atoms with Crippen LogP contribution in [0.4, 0.5) is 5.69 Å². The third-order valence-electron chi connectivity index (χ3n) is 1.77. The Balaban J connectivity index is 3.51. The predicted molar refractivity (Wildman–Crippen MR) is 59.1 cm³/mol. The van der Waals surface area contributed by atoms with Gasteiger partial charge >= 0.3 is 0 Å². The largest absolute Gasteiger partial charge is 0.278 e. The highest BCUT2D eigenvalue weighted by Gasteiger charge is 2.14. The molecule has 0 saturated heterocycles. The first kappa shape index (κ1) is 10.7. The fourth-order valence-corrected chi connectivity index (χ4v) is 1.74. The van der Waals surface area contributed by atoms with Gasteiger partial charge < -0.3 is 0 Å². The monoisotopic (exact) mass is 253 g/mol. The summed E-state index contributed by atoms with van der Waals surface area (Å²) in [5.74, 6) is 0. The Kier molecular flexibility index (Phi) is 3.23. The van der Waals surface area contributed by atoms with E-state index < -0.39 is 4.92 Å². The molecule has 0 aliphatic rings. The molecule has 14 heavy (non-hydrogen) atoms. The Morgan fingerprint density at radius 3 is 2.79 bits per heavy atom. The van der Waals surface area contributed by atoms with Gasteiger partial charge in [-0.1, -0.05) is 22.5 Å². The van der Waals surface area contributed by atoms with Gasteiger partial charge in [0.1, 0.15) is 0 Å². The smallest absolute Gasteiger partial charge is 0.258 e. The van der Waals surface area contributed by atoms with E-state index in [0.717, 1.165) is 5.56 Å². The van der Waals surface area contributed by atoms with Crippen molar-refractivity contribution in [1.82, 2.24) is 0 Å². The Bertz CT molecular complexity index is 434. The molecule has 0 N–H and O–H groups in total. The summed E-state index contributed by atoms with van der Waals surface area (Å²) in [6.45, 7) is 5.21. The van der Waals surface area contributed by atoms with Gasteiger partial charge in [0.05, 0.1) is 10.5 Å². The van der Waals surface area contributed by atoms with E-state index in [-0.39, 0.29) is 5.69 Å². The molecule has 72 valence electrons. The topological polar surface area (TPSA) is 43.1 Å². The second-order valence-corrected chi connectivity index (χ2v) is 3.68. The first-order chi connectivity index (χ1) is 6.56. The molecular formula is C10H8BrNO2. The minimum Gasteiger partial charge on any atom is -0.258 e. The van der Waals surface area contributed by atoms with Crippen LogP contribution in [0.5, 0.6) is 0 Å². The minimum atomic E-state index is -0.416. The average Bonchev–Trinajstić information content (AvgIpc) is 2.09. The van der Waals surface area contributed by atoms with Crippen molar-refractivity contribution in [2.75, 3.05) is 0 Å². The second kappa shape index (κ2) is 4.22. The van der Waals surface area contributed by atoms with Crippen molar-refractivity contribution in [3.63, 3.8) is 0 Å². The summed E-state index contributed by atoms with van der Waals surface area (Å²) in [5.41, 5.74) is 3.98. The molecule has 0 aliphatic heterocycles. The van der Waals surface area contributed by atoms with Crippen LogP contribution in [0.15, 0.2) is 28.9 Å². The fraction of sp³-hybridized carbons (Fsp3) is 0.100. The van der Waals surface area contributed by atoms with E-state index in [4.69, 9.17) is 0 Å². The number of rotatable bonds is 2. The van der Waals surface area contributed by atoms with Crippen LogP contribution in [0.2, 0.25) is 0 Å². The fourth-order valence-electron chi connectivity index (χ4n) is 1.18. The van der Waals surface area contributed by atoms with E-state index >= 15 is 0 Å². The molecule has 1 aromatic carbocycles. The lowest BCUT2D eigenvalue weighted by molar-refractivity contribution is -0.385. The third kappa shape index (κ3) is 2.10. The lowest BCUT2D eigenvalue weighted by atomic mass is 10.1. The number of nitrogens with zero attached hydrogens (tertiary/aromatic N) is 1. The van der Waals surface area contributed by atoms with Crippen molar-refractivity contribution < 1.29 is 4.92 Å². The summed E-state index contributed by atoms with van der Waals surface area (Å²) in [6, 6.07) is 3.28. The van der Waals surface area contributed by atoms with Crippen LogP contribution in [0.1, 0.15) is 11.1 Å². The number of aryl methyl sites for hydroxylation is 1. The van der Waals surface area contributed by atoms with Crippen LogP contribution in [0, 0.1) is 17.0 Å². The number of benzene rings is 1. The second-order valence-electron chi connectivity index (χ2n) is 2.76. The zero-order valence-corrected chi connectivity index (χ0v) is 9.17. The van der Waals surface area contributed by atoms with Crippen molar-refractivity contribution in [2.24, 2.45) is 0 Å². The molecule has 0 heterocycles. The van der Waals surface area contributed by atoms with Crippen molar-refractivity contribution in [3.8, 4) is 0 Å². The highest BCUT2D eigenvalue weighted by molar-refractivity contribution is 9.10. The van der Waals surface area contributed by atoms with E-state index in [2.05, 4.69) is 28.2 Å². The van der Waals surface area contributed by atoms with Crippen LogP contribution in [0.25, 0.3) is 6.08 Å². The number of hydrogen-bond acceptors (Lipinski definition) is 2. The molecule has 0 spiro atoms. The molecule has 4 heteroatoms. The molecule has 0 amide bonds. The Morgan fingerprint density at radius 2 is 2.29 bits per heavy atom. The number of nitro benzene ring substituents is 1. The summed E-state index contributed by atoms with van der Waals surface area (Å²) >= 11 is 3.21. The van der Waals surface area contributed by atoms with Gasteiger partial charge in [0.15, 0.2) is 0 Å². The van der Waals surface area contributed by atoms with Crippen LogP contribution >= 0.6 is 15.9 Å². The predicted octanol–water partition coefficient (Wildman–Crippen LogP) is 3.46. The Hall–Kier alpha value is -1.38. The van der Waals surface area contributed by atoms with E-state index in [1.165, 1.54) is 12.1 Å². The lowest BCUT2D eigenvalue weighted by Crippen LogP contribution is -1.93. The molecule has 0 aliphatic carbocycles. The van der Waals surface area contributed by atoms with Gasteiger partial charge in [-0.25, -0.2) is 0 Å². The molecule has 0 unspecified atom stereocenters. The summed E-state index contributed by atoms with van der Waals surface area (Å²) in [5, 5.41) is 10.7. The summed E-state index contributed by atoms with van der Waals surface area (Å²) < 4.78 is 0.697. The van der Waals surface area contributed by atoms with Crippen LogP contribution < -0.4 is 0 Å². The summed E-state index contributed by atoms with van der Waals surface area (Å²) in [7, 11) is 0. The molecule has 0 aromatic heterocycles. The minimum absolute atomic E-state index is 0.0630. The van der Waals surface area contributed by atoms with Gasteiger partial charge in [0.2, 0.25) is 0 Å². The van der Waals surface area contributed by atoms with E-state index in [9.17, 15) is 10.1 Å². The van der Waals surface area contributed by atoms with Gasteiger partial charge in [0.25, 0.3) is 5.69 Å². The van der Waals surface area contributed by atoms with Crippen LogP contribution in [-0.4, -0.2) is 4.92 Å². The van der Waals surface area contributed by atoms with E-state index in [1.807, 2.05) is 6.07 Å². The SMILES string of the molecule is C=C=Cc1c(C)cc(Br)cc1[N+](=O)[O-]. The first-order valence-electron chi connectivity index (χ1n) is 3.86. The van der Waals surface area contributed by atoms with Crippen LogP contribution in [0.3, 0.4) is 0 Å². The van der Waals surface area contributed by atoms with E-state index in [1.54, 1.807) is 6.92 Å².